The van der Waals surface area contributed by atoms with Crippen molar-refractivity contribution in [1.29, 1.82) is 0 Å². The van der Waals surface area contributed by atoms with Crippen LogP contribution in [-0.4, -0.2) is 63.4 Å². The van der Waals surface area contributed by atoms with Gasteiger partial charge in [0.15, 0.2) is 0 Å². The van der Waals surface area contributed by atoms with Crippen molar-refractivity contribution in [2.75, 3.05) is 39.3 Å². The Kier molecular flexibility index (Phi) is 8.98. The zero-order valence-corrected chi connectivity index (χ0v) is 17.0. The Hall–Kier alpha value is -1.69. The normalized spacial score (nSPS) is 23.0. The van der Waals surface area contributed by atoms with Crippen molar-refractivity contribution >= 4 is 11.6 Å². The minimum Gasteiger partial charge on any atom is -0.384 e. The van der Waals surface area contributed by atoms with Gasteiger partial charge in [-0.25, -0.2) is 0 Å². The summed E-state index contributed by atoms with van der Waals surface area (Å²) in [6, 6.07) is 10.3. The number of nitrogens with zero attached hydrogens (tertiary/aromatic N) is 2. The number of rotatable bonds is 9. The Labute approximate surface area is 163 Å². The fraction of sp³-hybridized carbons (Fsp3) is 0.591. The predicted octanol–water partition coefficient (Wildman–Crippen LogP) is 3.50. The summed E-state index contributed by atoms with van der Waals surface area (Å²) >= 11 is 0. The quantitative estimate of drug-likeness (QED) is 0.490. The van der Waals surface area contributed by atoms with E-state index in [1.807, 2.05) is 41.3 Å². The molecule has 0 bridgehead atoms. The second-order valence-electron chi connectivity index (χ2n) is 7.23. The highest BCUT2D eigenvalue weighted by atomic mass is 16.5. The number of benzene rings is 1. The number of likely N-dealkylation sites (N-methyl/N-ethyl adjacent to an activating group) is 1. The molecular formula is C22H34N2O3. The molecule has 3 unspecified atom stereocenters. The van der Waals surface area contributed by atoms with E-state index in [0.717, 1.165) is 37.9 Å². The summed E-state index contributed by atoms with van der Waals surface area (Å²) in [6.07, 6.45) is 6.46. The number of amides is 1. The molecule has 1 aromatic carbocycles. The molecule has 1 amide bonds. The highest BCUT2D eigenvalue weighted by Crippen LogP contribution is 2.31. The van der Waals surface area contributed by atoms with Crippen LogP contribution >= 0.6 is 0 Å². The molecule has 5 heteroatoms. The fourth-order valence-corrected chi connectivity index (χ4v) is 4.04. The van der Waals surface area contributed by atoms with Gasteiger partial charge in [0.25, 0.3) is 0 Å². The molecule has 1 saturated carbocycles. The molecule has 0 saturated heterocycles. The van der Waals surface area contributed by atoms with Crippen LogP contribution in [0.1, 0.15) is 32.1 Å². The van der Waals surface area contributed by atoms with Crippen molar-refractivity contribution in [1.82, 2.24) is 4.90 Å². The molecule has 0 spiro atoms. The van der Waals surface area contributed by atoms with E-state index >= 15 is 0 Å². The average molecular weight is 375 g/mol. The number of anilines is 1. The van der Waals surface area contributed by atoms with Gasteiger partial charge in [0, 0.05) is 32.5 Å². The topological polar surface area (TPSA) is 42.0 Å². The molecule has 1 aliphatic carbocycles. The smallest absolute Gasteiger partial charge is 0.229 e. The summed E-state index contributed by atoms with van der Waals surface area (Å²) in [7, 11) is 5.53. The second kappa shape index (κ2) is 11.2. The van der Waals surface area contributed by atoms with Crippen molar-refractivity contribution in [3.63, 3.8) is 0 Å². The molecule has 0 heterocycles. The lowest BCUT2D eigenvalue weighted by Crippen LogP contribution is -2.53. The summed E-state index contributed by atoms with van der Waals surface area (Å²) in [4.78, 5) is 17.5. The van der Waals surface area contributed by atoms with E-state index in [1.54, 1.807) is 14.2 Å². The molecule has 0 radical (unpaired) electrons. The lowest BCUT2D eigenvalue weighted by atomic mass is 9.97. The van der Waals surface area contributed by atoms with Gasteiger partial charge in [-0.05, 0) is 44.9 Å². The number of ether oxygens (including phenoxy) is 2. The van der Waals surface area contributed by atoms with Gasteiger partial charge in [0.05, 0.1) is 25.2 Å². The van der Waals surface area contributed by atoms with Crippen LogP contribution < -0.4 is 4.90 Å². The molecule has 27 heavy (non-hydrogen) atoms. The first kappa shape index (κ1) is 21.6. The van der Waals surface area contributed by atoms with Crippen LogP contribution in [-0.2, 0) is 14.3 Å². The number of carbonyl (C=O) groups is 1. The Balaban J connectivity index is 2.38. The van der Waals surface area contributed by atoms with Crippen molar-refractivity contribution in [3.8, 4) is 0 Å². The second-order valence-corrected chi connectivity index (χ2v) is 7.23. The van der Waals surface area contributed by atoms with E-state index in [2.05, 4.69) is 18.5 Å². The van der Waals surface area contributed by atoms with Gasteiger partial charge in [-0.1, -0.05) is 24.3 Å². The molecule has 5 nitrogen and oxygen atoms in total. The van der Waals surface area contributed by atoms with Crippen LogP contribution in [0.4, 0.5) is 5.69 Å². The first-order chi connectivity index (χ1) is 13.1. The molecule has 0 aromatic heterocycles. The number of hydrogen-bond donors (Lipinski definition) is 0. The maximum Gasteiger partial charge on any atom is 0.229 e. The molecule has 1 fully saturated rings. The summed E-state index contributed by atoms with van der Waals surface area (Å²) in [5, 5.41) is 0. The van der Waals surface area contributed by atoms with Crippen LogP contribution in [0.3, 0.4) is 0 Å². The standard InChI is InChI=1S/C22H34N2O3/c1-5-15-23(2)21-17-19(27-4)12-9-13-20(21)24(22(25)14-16-26-3)18-10-7-6-8-11-18/h5-8,10-11,19-21H,1,9,12-17H2,2-4H3. The average Bonchev–Trinajstić information content (AvgIpc) is 2.90. The number of hydrogen-bond acceptors (Lipinski definition) is 4. The Bertz CT molecular complexity index is 578. The summed E-state index contributed by atoms with van der Waals surface area (Å²) in [5.74, 6) is 0.112. The summed E-state index contributed by atoms with van der Waals surface area (Å²) < 4.78 is 10.9. The van der Waals surface area contributed by atoms with E-state index in [0.29, 0.717) is 13.0 Å². The molecular weight excluding hydrogens is 340 g/mol. The van der Waals surface area contributed by atoms with E-state index in [9.17, 15) is 4.79 Å². The van der Waals surface area contributed by atoms with Gasteiger partial charge in [0.2, 0.25) is 5.91 Å². The fourth-order valence-electron chi connectivity index (χ4n) is 4.04. The van der Waals surface area contributed by atoms with Crippen molar-refractivity contribution < 1.29 is 14.3 Å². The number of para-hydroxylation sites is 1. The Morgan fingerprint density at radius 3 is 2.59 bits per heavy atom. The van der Waals surface area contributed by atoms with Gasteiger partial charge in [-0.15, -0.1) is 6.58 Å². The van der Waals surface area contributed by atoms with Crippen LogP contribution in [0.5, 0.6) is 0 Å². The van der Waals surface area contributed by atoms with Gasteiger partial charge in [-0.2, -0.15) is 0 Å². The first-order valence-electron chi connectivity index (χ1n) is 9.82. The lowest BCUT2D eigenvalue weighted by molar-refractivity contribution is -0.120. The zero-order chi connectivity index (χ0) is 19.6. The van der Waals surface area contributed by atoms with Crippen molar-refractivity contribution in [2.24, 2.45) is 0 Å². The number of carbonyl (C=O) groups excluding carboxylic acids is 1. The summed E-state index contributed by atoms with van der Waals surface area (Å²) in [5.41, 5.74) is 0.955. The maximum absolute atomic E-state index is 13.2. The third-order valence-corrected chi connectivity index (χ3v) is 5.45. The first-order valence-corrected chi connectivity index (χ1v) is 9.82. The molecule has 3 atom stereocenters. The van der Waals surface area contributed by atoms with Crippen LogP contribution in [0.25, 0.3) is 0 Å². The molecule has 150 valence electrons. The zero-order valence-electron chi connectivity index (χ0n) is 17.0. The molecule has 0 aliphatic heterocycles. The van der Waals surface area contributed by atoms with Crippen LogP contribution in [0.15, 0.2) is 43.0 Å². The van der Waals surface area contributed by atoms with Crippen molar-refractivity contribution in [2.45, 2.75) is 50.3 Å². The minimum atomic E-state index is 0.0989. The summed E-state index contributed by atoms with van der Waals surface area (Å²) in [6.45, 7) is 5.11. The third-order valence-electron chi connectivity index (χ3n) is 5.45. The highest BCUT2D eigenvalue weighted by Gasteiger charge is 2.37. The molecule has 1 aromatic rings. The molecule has 1 aliphatic rings. The Morgan fingerprint density at radius 1 is 1.22 bits per heavy atom. The lowest BCUT2D eigenvalue weighted by Gasteiger charge is -2.41. The highest BCUT2D eigenvalue weighted by molar-refractivity contribution is 5.94. The minimum absolute atomic E-state index is 0.0989. The van der Waals surface area contributed by atoms with Gasteiger partial charge < -0.3 is 14.4 Å². The number of methoxy groups -OCH3 is 2. The van der Waals surface area contributed by atoms with Crippen LogP contribution in [0.2, 0.25) is 0 Å². The third kappa shape index (κ3) is 5.89. The van der Waals surface area contributed by atoms with Gasteiger partial charge in [-0.3, -0.25) is 9.69 Å². The van der Waals surface area contributed by atoms with Crippen LogP contribution in [0, 0.1) is 0 Å². The SMILES string of the molecule is C=CCN(C)C1CC(OC)CCCC1N(C(=O)CCOC)c1ccccc1. The van der Waals surface area contributed by atoms with E-state index in [1.165, 1.54) is 0 Å². The molecule has 2 rings (SSSR count). The largest absolute Gasteiger partial charge is 0.384 e. The monoisotopic (exact) mass is 374 g/mol. The predicted molar refractivity (Wildman–Crippen MR) is 110 cm³/mol. The Morgan fingerprint density at radius 2 is 1.96 bits per heavy atom. The van der Waals surface area contributed by atoms with Gasteiger partial charge in [0.1, 0.15) is 0 Å². The van der Waals surface area contributed by atoms with Gasteiger partial charge >= 0.3 is 0 Å². The molecule has 0 N–H and O–H groups in total. The maximum atomic E-state index is 13.2. The van der Waals surface area contributed by atoms with E-state index < -0.39 is 0 Å². The van der Waals surface area contributed by atoms with Crippen molar-refractivity contribution in [3.05, 3.63) is 43.0 Å². The van der Waals surface area contributed by atoms with E-state index in [4.69, 9.17) is 9.47 Å². The van der Waals surface area contributed by atoms with E-state index in [-0.39, 0.29) is 24.1 Å².